The fraction of sp³-hybridized carbons (Fsp3) is 0.618. The molecule has 1 heterocycles. The van der Waals surface area contributed by atoms with Crippen LogP contribution in [0.15, 0.2) is 24.3 Å². The van der Waals surface area contributed by atoms with Crippen LogP contribution < -0.4 is 20.7 Å². The van der Waals surface area contributed by atoms with E-state index < -0.39 is 58.9 Å². The third-order valence-electron chi connectivity index (χ3n) is 6.27. The number of benzene rings is 1. The minimum atomic E-state index is -1.63. The van der Waals surface area contributed by atoms with Gasteiger partial charge in [0.15, 0.2) is 6.04 Å². The van der Waals surface area contributed by atoms with Crippen LogP contribution in [0, 0.1) is 0 Å². The quantitative estimate of drug-likeness (QED) is 0.0698. The predicted molar refractivity (Wildman–Crippen MR) is 181 cm³/mol. The van der Waals surface area contributed by atoms with Gasteiger partial charge in [0.05, 0.1) is 51.6 Å². The molecular formula is C34H50N4O14. The molecule has 0 saturated carbocycles. The van der Waals surface area contributed by atoms with Crippen molar-refractivity contribution in [3.63, 3.8) is 0 Å². The molecule has 5 amide bonds. The van der Waals surface area contributed by atoms with E-state index in [9.17, 15) is 33.6 Å². The maximum Gasteiger partial charge on any atom is 0.408 e. The van der Waals surface area contributed by atoms with E-state index >= 15 is 0 Å². The van der Waals surface area contributed by atoms with Crippen molar-refractivity contribution in [2.45, 2.75) is 78.0 Å². The Hall–Kier alpha value is -4.81. The molecule has 0 radical (unpaired) electrons. The first-order chi connectivity index (χ1) is 24.4. The van der Waals surface area contributed by atoms with Gasteiger partial charge in [-0.25, -0.2) is 9.59 Å². The Labute approximate surface area is 302 Å². The smallest absolute Gasteiger partial charge is 0.408 e. The minimum absolute atomic E-state index is 0.00122. The Morgan fingerprint density at radius 2 is 1.27 bits per heavy atom. The Bertz CT molecular complexity index is 1370. The molecule has 1 atom stereocenters. The number of carbonyl (C=O) groups excluding carboxylic acids is 7. The zero-order valence-corrected chi connectivity index (χ0v) is 30.5. The van der Waals surface area contributed by atoms with Gasteiger partial charge in [0.1, 0.15) is 23.6 Å². The molecule has 3 N–H and O–H groups in total. The van der Waals surface area contributed by atoms with Crippen molar-refractivity contribution in [1.82, 2.24) is 21.0 Å². The zero-order chi connectivity index (χ0) is 38.7. The van der Waals surface area contributed by atoms with Gasteiger partial charge in [0.25, 0.3) is 23.6 Å². The van der Waals surface area contributed by atoms with Gasteiger partial charge in [0, 0.05) is 25.9 Å². The molecule has 1 aromatic rings. The topological polar surface area (TPSA) is 223 Å². The summed E-state index contributed by atoms with van der Waals surface area (Å²) in [7, 11) is 0. The molecule has 1 unspecified atom stereocenters. The first-order valence-electron chi connectivity index (χ1n) is 16.8. The molecule has 18 nitrogen and oxygen atoms in total. The molecule has 52 heavy (non-hydrogen) atoms. The second kappa shape index (κ2) is 21.5. The molecule has 1 fully saturated rings. The van der Waals surface area contributed by atoms with E-state index in [1.807, 2.05) is 0 Å². The Morgan fingerprint density at radius 1 is 0.731 bits per heavy atom. The van der Waals surface area contributed by atoms with E-state index in [0.29, 0.717) is 10.8 Å². The third kappa shape index (κ3) is 17.9. The third-order valence-corrected chi connectivity index (χ3v) is 6.27. The number of esters is 1. The van der Waals surface area contributed by atoms with Crippen LogP contribution >= 0.6 is 0 Å². The maximum atomic E-state index is 12.8. The van der Waals surface area contributed by atoms with Gasteiger partial charge in [-0.2, -0.15) is 0 Å². The van der Waals surface area contributed by atoms with E-state index in [-0.39, 0.29) is 84.2 Å². The molecule has 18 heteroatoms. The monoisotopic (exact) mass is 738 g/mol. The van der Waals surface area contributed by atoms with Gasteiger partial charge in [-0.3, -0.25) is 24.0 Å². The highest BCUT2D eigenvalue weighted by atomic mass is 16.7. The van der Waals surface area contributed by atoms with Crippen molar-refractivity contribution in [2.24, 2.45) is 0 Å². The first-order valence-corrected chi connectivity index (χ1v) is 16.8. The van der Waals surface area contributed by atoms with E-state index in [4.69, 9.17) is 33.3 Å². The maximum absolute atomic E-state index is 12.8. The predicted octanol–water partition coefficient (Wildman–Crippen LogP) is 1.19. The van der Waals surface area contributed by atoms with Crippen LogP contribution in [0.25, 0.3) is 0 Å². The summed E-state index contributed by atoms with van der Waals surface area (Å²) in [4.78, 5) is 90.3. The average Bonchev–Trinajstić information content (AvgIpc) is 3.36. The van der Waals surface area contributed by atoms with Crippen LogP contribution in [-0.2, 0) is 52.5 Å². The van der Waals surface area contributed by atoms with Crippen LogP contribution in [0.2, 0.25) is 0 Å². The summed E-state index contributed by atoms with van der Waals surface area (Å²) in [5, 5.41) is 7.70. The van der Waals surface area contributed by atoms with E-state index in [2.05, 4.69) is 16.0 Å². The lowest BCUT2D eigenvalue weighted by atomic mass is 10.2. The van der Waals surface area contributed by atoms with Crippen LogP contribution in [0.1, 0.15) is 71.2 Å². The number of hydrogen-bond acceptors (Lipinski definition) is 14. The fourth-order valence-electron chi connectivity index (χ4n) is 4.07. The number of ether oxygens (including phenoxy) is 6. The number of imide groups is 1. The summed E-state index contributed by atoms with van der Waals surface area (Å²) in [6.45, 7) is 11.5. The first kappa shape index (κ1) is 43.4. The highest BCUT2D eigenvalue weighted by Gasteiger charge is 2.33. The second-order valence-corrected chi connectivity index (χ2v) is 13.2. The molecule has 0 aliphatic carbocycles. The molecule has 290 valence electrons. The highest BCUT2D eigenvalue weighted by molar-refractivity contribution is 6.06. The van der Waals surface area contributed by atoms with E-state index in [1.54, 1.807) is 53.7 Å². The Kier molecular flexibility index (Phi) is 18.0. The largest absolute Gasteiger partial charge is 0.491 e. The Balaban J connectivity index is 1.59. The lowest BCUT2D eigenvalue weighted by Crippen LogP contribution is -2.56. The summed E-state index contributed by atoms with van der Waals surface area (Å²) in [6, 6.07) is 4.47. The number of nitrogens with zero attached hydrogens (tertiary/aromatic N) is 1. The van der Waals surface area contributed by atoms with Gasteiger partial charge in [-0.05, 0) is 59.7 Å². The normalized spacial score (nSPS) is 13.6. The van der Waals surface area contributed by atoms with Gasteiger partial charge in [-0.15, -0.1) is 5.06 Å². The minimum Gasteiger partial charge on any atom is -0.491 e. The second-order valence-electron chi connectivity index (χ2n) is 13.2. The summed E-state index contributed by atoms with van der Waals surface area (Å²) < 4.78 is 32.3. The molecule has 1 aliphatic rings. The number of carbonyl (C=O) groups is 7. The standard InChI is InChI=1S/C34H50N4O14/c1-33(2,3)50-27(41)12-13-35-29(42)28(37-32(45)51-34(4,5)6)30(43)36-14-15-46-16-17-47-18-19-48-20-21-49-24-9-7-8-23(22-24)31(44)52-38-25(39)10-11-26(38)40/h7-9,22,28H,10-21H2,1-6H3,(H,35,42)(H,36,43)(H,37,45). The van der Waals surface area contributed by atoms with Gasteiger partial charge >= 0.3 is 18.0 Å². The van der Waals surface area contributed by atoms with Crippen LogP contribution in [0.4, 0.5) is 4.79 Å². The fourth-order valence-corrected chi connectivity index (χ4v) is 4.07. The van der Waals surface area contributed by atoms with Crippen LogP contribution in [0.3, 0.4) is 0 Å². The lowest BCUT2D eigenvalue weighted by molar-refractivity contribution is -0.172. The Morgan fingerprint density at radius 3 is 1.85 bits per heavy atom. The molecule has 1 saturated heterocycles. The van der Waals surface area contributed by atoms with Gasteiger partial charge in [-0.1, -0.05) is 6.07 Å². The molecule has 1 aromatic carbocycles. The highest BCUT2D eigenvalue weighted by Crippen LogP contribution is 2.18. The zero-order valence-electron chi connectivity index (χ0n) is 30.5. The summed E-state index contributed by atoms with van der Waals surface area (Å²) in [5.74, 6) is -3.79. The van der Waals surface area contributed by atoms with Crippen molar-refractivity contribution >= 4 is 41.7 Å². The van der Waals surface area contributed by atoms with Crippen molar-refractivity contribution in [3.05, 3.63) is 29.8 Å². The summed E-state index contributed by atoms with van der Waals surface area (Å²) in [6.07, 6.45) is -1.10. The SMILES string of the molecule is CC(C)(C)OC(=O)CCNC(=O)C(NC(=O)OC(C)(C)C)C(=O)NCCOCCOCCOCCOc1cccc(C(=O)ON2C(=O)CCC2=O)c1. The molecule has 0 spiro atoms. The van der Waals surface area contributed by atoms with E-state index in [0.717, 1.165) is 0 Å². The summed E-state index contributed by atoms with van der Waals surface area (Å²) >= 11 is 0. The number of hydrogen-bond donors (Lipinski definition) is 3. The molecule has 1 aliphatic heterocycles. The number of nitrogens with one attached hydrogen (secondary N) is 3. The molecule has 2 rings (SSSR count). The van der Waals surface area contributed by atoms with Crippen LogP contribution in [0.5, 0.6) is 5.75 Å². The average molecular weight is 739 g/mol. The van der Waals surface area contributed by atoms with Crippen molar-refractivity contribution < 1.29 is 66.8 Å². The van der Waals surface area contributed by atoms with Crippen molar-refractivity contribution in [3.8, 4) is 5.75 Å². The van der Waals surface area contributed by atoms with Gasteiger partial charge in [0.2, 0.25) is 0 Å². The van der Waals surface area contributed by atoms with Crippen LogP contribution in [-0.4, -0.2) is 123 Å². The van der Waals surface area contributed by atoms with Crippen molar-refractivity contribution in [2.75, 3.05) is 59.3 Å². The van der Waals surface area contributed by atoms with Crippen molar-refractivity contribution in [1.29, 1.82) is 0 Å². The number of alkyl carbamates (subject to hydrolysis) is 1. The van der Waals surface area contributed by atoms with E-state index in [1.165, 1.54) is 12.1 Å². The number of rotatable bonds is 21. The molecule has 0 bridgehead atoms. The van der Waals surface area contributed by atoms with Gasteiger partial charge < -0.3 is 49.2 Å². The lowest BCUT2D eigenvalue weighted by Gasteiger charge is -2.23. The summed E-state index contributed by atoms with van der Waals surface area (Å²) in [5.41, 5.74) is -1.45. The number of hydroxylamine groups is 2. The number of amides is 5. The molecule has 0 aromatic heterocycles. The molecular weight excluding hydrogens is 688 g/mol.